The number of carbonyl (C=O) groups is 2. The third-order valence-corrected chi connectivity index (χ3v) is 4.24. The summed E-state index contributed by atoms with van der Waals surface area (Å²) >= 11 is 0. The lowest BCUT2D eigenvalue weighted by atomic mass is 10.1. The quantitative estimate of drug-likeness (QED) is 0.889. The molecule has 0 aromatic carbocycles. The Hall–Kier alpha value is -1.82. The second-order valence-electron chi connectivity index (χ2n) is 5.67. The third-order valence-electron chi connectivity index (χ3n) is 4.24. The summed E-state index contributed by atoms with van der Waals surface area (Å²) < 4.78 is 10.6. The molecule has 2 fully saturated rings. The molecule has 0 radical (unpaired) electrons. The number of aliphatic carboxylic acids is 1. The monoisotopic (exact) mass is 293 g/mol. The predicted octanol–water partition coefficient (Wildman–Crippen LogP) is 1.48. The summed E-state index contributed by atoms with van der Waals surface area (Å²) in [6.07, 6.45) is 3.75. The molecule has 1 aliphatic carbocycles. The lowest BCUT2D eigenvalue weighted by Gasteiger charge is -2.33. The number of hydrogen-bond donors (Lipinski definition) is 1. The lowest BCUT2D eigenvalue weighted by molar-refractivity contribution is -0.148. The van der Waals surface area contributed by atoms with Crippen molar-refractivity contribution >= 4 is 11.9 Å². The summed E-state index contributed by atoms with van der Waals surface area (Å²) in [6, 6.07) is 3.65. The maximum Gasteiger partial charge on any atom is 0.323 e. The maximum atomic E-state index is 12.6. The van der Waals surface area contributed by atoms with Crippen molar-refractivity contribution < 1.29 is 23.8 Å². The van der Waals surface area contributed by atoms with E-state index in [4.69, 9.17) is 14.3 Å². The first-order chi connectivity index (χ1) is 10.2. The Labute approximate surface area is 122 Å². The smallest absolute Gasteiger partial charge is 0.323 e. The molecule has 1 aromatic heterocycles. The molecular formula is C15H19NO5. The van der Waals surface area contributed by atoms with E-state index in [9.17, 15) is 9.59 Å². The zero-order valence-electron chi connectivity index (χ0n) is 11.7. The summed E-state index contributed by atoms with van der Waals surface area (Å²) in [6.45, 7) is 0.936. The highest BCUT2D eigenvalue weighted by atomic mass is 16.5. The van der Waals surface area contributed by atoms with Crippen LogP contribution in [0.2, 0.25) is 0 Å². The number of rotatable bonds is 5. The van der Waals surface area contributed by atoms with Crippen LogP contribution in [-0.2, 0) is 14.3 Å². The maximum absolute atomic E-state index is 12.6. The van der Waals surface area contributed by atoms with Crippen LogP contribution >= 0.6 is 0 Å². The van der Waals surface area contributed by atoms with E-state index in [0.717, 1.165) is 12.2 Å². The van der Waals surface area contributed by atoms with Gasteiger partial charge in [-0.2, -0.15) is 0 Å². The van der Waals surface area contributed by atoms with Gasteiger partial charge in [-0.1, -0.05) is 0 Å². The van der Waals surface area contributed by atoms with Crippen molar-refractivity contribution in [2.45, 2.75) is 31.2 Å². The minimum atomic E-state index is -0.968. The van der Waals surface area contributed by atoms with Gasteiger partial charge >= 0.3 is 5.97 Å². The first-order valence-electron chi connectivity index (χ1n) is 7.30. The van der Waals surface area contributed by atoms with Gasteiger partial charge < -0.3 is 19.2 Å². The highest BCUT2D eigenvalue weighted by molar-refractivity contribution is 5.86. The number of hydrogen-bond acceptors (Lipinski definition) is 4. The predicted molar refractivity (Wildman–Crippen MR) is 72.7 cm³/mol. The standard InChI is InChI=1S/C15H19NO5/c17-14(18)9-16(10-3-6-20-7-4-10)15(19)12-8-11(12)13-2-1-5-21-13/h1-2,5,10-12H,3-4,6-9H2,(H,17,18)/t11-,12+/m0/s1. The van der Waals surface area contributed by atoms with Crippen LogP contribution in [0.25, 0.3) is 0 Å². The number of nitrogens with zero attached hydrogens (tertiary/aromatic N) is 1. The Kier molecular flexibility index (Phi) is 3.96. The highest BCUT2D eigenvalue weighted by Crippen LogP contribution is 2.49. The number of ether oxygens (including phenoxy) is 1. The summed E-state index contributed by atoms with van der Waals surface area (Å²) in [5.41, 5.74) is 0. The fraction of sp³-hybridized carbons (Fsp3) is 0.600. The first kappa shape index (κ1) is 14.1. The van der Waals surface area contributed by atoms with Gasteiger partial charge in [0.25, 0.3) is 0 Å². The summed E-state index contributed by atoms with van der Waals surface area (Å²) in [5, 5.41) is 9.07. The molecule has 1 aromatic rings. The Balaban J connectivity index is 1.68. The Morgan fingerprint density at radius 2 is 2.10 bits per heavy atom. The van der Waals surface area contributed by atoms with Crippen molar-refractivity contribution in [3.63, 3.8) is 0 Å². The molecule has 6 nitrogen and oxygen atoms in total. The number of carboxylic acid groups (broad SMARTS) is 1. The molecule has 1 amide bonds. The molecular weight excluding hydrogens is 274 g/mol. The molecule has 2 aliphatic rings. The number of furan rings is 1. The molecule has 21 heavy (non-hydrogen) atoms. The van der Waals surface area contributed by atoms with Crippen molar-refractivity contribution in [1.82, 2.24) is 4.90 Å². The van der Waals surface area contributed by atoms with Gasteiger partial charge in [-0.05, 0) is 31.4 Å². The number of carboxylic acids is 1. The van der Waals surface area contributed by atoms with Crippen LogP contribution in [0.4, 0.5) is 0 Å². The van der Waals surface area contributed by atoms with E-state index < -0.39 is 5.97 Å². The summed E-state index contributed by atoms with van der Waals surface area (Å²) in [7, 11) is 0. The van der Waals surface area contributed by atoms with E-state index in [-0.39, 0.29) is 30.3 Å². The van der Waals surface area contributed by atoms with Gasteiger partial charge in [0.05, 0.1) is 6.26 Å². The lowest BCUT2D eigenvalue weighted by Crippen LogP contribution is -2.46. The van der Waals surface area contributed by atoms with Crippen molar-refractivity contribution in [3.05, 3.63) is 24.2 Å². The molecule has 6 heteroatoms. The van der Waals surface area contributed by atoms with Crippen LogP contribution in [0.15, 0.2) is 22.8 Å². The molecule has 1 aliphatic heterocycles. The average Bonchev–Trinajstić information content (AvgIpc) is 3.10. The second kappa shape index (κ2) is 5.89. The van der Waals surface area contributed by atoms with E-state index in [1.165, 1.54) is 4.90 Å². The van der Waals surface area contributed by atoms with Crippen LogP contribution in [-0.4, -0.2) is 47.7 Å². The van der Waals surface area contributed by atoms with Crippen LogP contribution in [0.3, 0.4) is 0 Å². The SMILES string of the molecule is O=C(O)CN(C(=O)[C@@H]1C[C@@H]1c1ccco1)C1CCOCC1. The van der Waals surface area contributed by atoms with E-state index in [1.54, 1.807) is 6.26 Å². The molecule has 2 heterocycles. The number of amides is 1. The molecule has 1 N–H and O–H groups in total. The second-order valence-corrected chi connectivity index (χ2v) is 5.67. The minimum Gasteiger partial charge on any atom is -0.480 e. The highest BCUT2D eigenvalue weighted by Gasteiger charge is 2.48. The Morgan fingerprint density at radius 3 is 2.71 bits per heavy atom. The van der Waals surface area contributed by atoms with Gasteiger partial charge in [-0.3, -0.25) is 9.59 Å². The van der Waals surface area contributed by atoms with Crippen molar-refractivity contribution in [1.29, 1.82) is 0 Å². The fourth-order valence-electron chi connectivity index (χ4n) is 3.03. The molecule has 1 saturated carbocycles. The fourth-order valence-corrected chi connectivity index (χ4v) is 3.03. The van der Waals surface area contributed by atoms with Gasteiger partial charge in [-0.15, -0.1) is 0 Å². The first-order valence-corrected chi connectivity index (χ1v) is 7.30. The van der Waals surface area contributed by atoms with Gasteiger partial charge in [-0.25, -0.2) is 0 Å². The third kappa shape index (κ3) is 3.10. The normalized spacial score (nSPS) is 25.5. The van der Waals surface area contributed by atoms with Crippen LogP contribution < -0.4 is 0 Å². The van der Waals surface area contributed by atoms with Gasteiger partial charge in [0.2, 0.25) is 5.91 Å². The zero-order valence-corrected chi connectivity index (χ0v) is 11.7. The molecule has 0 unspecified atom stereocenters. The molecule has 2 atom stereocenters. The largest absolute Gasteiger partial charge is 0.480 e. The summed E-state index contributed by atoms with van der Waals surface area (Å²) in [4.78, 5) is 25.2. The molecule has 1 saturated heterocycles. The minimum absolute atomic E-state index is 0.0276. The average molecular weight is 293 g/mol. The Bertz CT molecular complexity index is 506. The van der Waals surface area contributed by atoms with Crippen molar-refractivity contribution in [3.8, 4) is 0 Å². The van der Waals surface area contributed by atoms with E-state index in [2.05, 4.69) is 0 Å². The van der Waals surface area contributed by atoms with Crippen LogP contribution in [0.5, 0.6) is 0 Å². The van der Waals surface area contributed by atoms with Crippen molar-refractivity contribution in [2.75, 3.05) is 19.8 Å². The van der Waals surface area contributed by atoms with Crippen molar-refractivity contribution in [2.24, 2.45) is 5.92 Å². The molecule has 114 valence electrons. The zero-order chi connectivity index (χ0) is 14.8. The van der Waals surface area contributed by atoms with Gasteiger partial charge in [0.15, 0.2) is 0 Å². The summed E-state index contributed by atoms with van der Waals surface area (Å²) in [5.74, 6) is -0.256. The van der Waals surface area contributed by atoms with E-state index >= 15 is 0 Å². The molecule has 0 spiro atoms. The molecule has 0 bridgehead atoms. The number of carbonyl (C=O) groups excluding carboxylic acids is 1. The topological polar surface area (TPSA) is 80.0 Å². The van der Waals surface area contributed by atoms with Crippen LogP contribution in [0.1, 0.15) is 30.9 Å². The molecule has 3 rings (SSSR count). The Morgan fingerprint density at radius 1 is 1.33 bits per heavy atom. The van der Waals surface area contributed by atoms with Gasteiger partial charge in [0, 0.05) is 31.1 Å². The van der Waals surface area contributed by atoms with Gasteiger partial charge in [0.1, 0.15) is 12.3 Å². The van der Waals surface area contributed by atoms with Crippen LogP contribution in [0, 0.1) is 5.92 Å². The van der Waals surface area contributed by atoms with E-state index in [1.807, 2.05) is 12.1 Å². The van der Waals surface area contributed by atoms with E-state index in [0.29, 0.717) is 26.1 Å².